The maximum atomic E-state index is 13.5. The number of sulfonamides is 1. The average molecular weight is 477 g/mol. The molecular formula is C25H21FN4O3S. The number of amides is 1. The minimum absolute atomic E-state index is 0.158. The molecule has 0 aliphatic heterocycles. The van der Waals surface area contributed by atoms with E-state index in [-0.39, 0.29) is 16.3 Å². The van der Waals surface area contributed by atoms with E-state index in [1.807, 2.05) is 6.92 Å². The molecule has 34 heavy (non-hydrogen) atoms. The molecule has 1 amide bonds. The number of benzene rings is 3. The normalized spacial score (nSPS) is 11.0. The number of hydrogen-bond acceptors (Lipinski definition) is 5. The molecule has 172 valence electrons. The highest BCUT2D eigenvalue weighted by Crippen LogP contribution is 2.22. The fourth-order valence-corrected chi connectivity index (χ4v) is 4.20. The molecule has 3 aromatic carbocycles. The van der Waals surface area contributed by atoms with Crippen LogP contribution in [0.5, 0.6) is 0 Å². The summed E-state index contributed by atoms with van der Waals surface area (Å²) in [6.07, 6.45) is 1.52. The van der Waals surface area contributed by atoms with Gasteiger partial charge in [-0.3, -0.25) is 9.52 Å². The molecule has 0 spiro atoms. The van der Waals surface area contributed by atoms with Crippen LogP contribution in [0.2, 0.25) is 0 Å². The van der Waals surface area contributed by atoms with Gasteiger partial charge in [0.15, 0.2) is 0 Å². The molecule has 1 heterocycles. The lowest BCUT2D eigenvalue weighted by molar-refractivity contribution is 0.102. The van der Waals surface area contributed by atoms with Crippen molar-refractivity contribution in [3.8, 4) is 0 Å². The van der Waals surface area contributed by atoms with Crippen molar-refractivity contribution in [1.29, 1.82) is 0 Å². The first kappa shape index (κ1) is 22.9. The van der Waals surface area contributed by atoms with Gasteiger partial charge in [-0.15, -0.1) is 0 Å². The third-order valence-corrected chi connectivity index (χ3v) is 6.26. The number of nitrogens with one attached hydrogen (secondary N) is 3. The third kappa shape index (κ3) is 5.57. The highest BCUT2D eigenvalue weighted by Gasteiger charge is 2.15. The van der Waals surface area contributed by atoms with Crippen LogP contribution < -0.4 is 15.4 Å². The van der Waals surface area contributed by atoms with E-state index >= 15 is 0 Å². The van der Waals surface area contributed by atoms with Crippen molar-refractivity contribution in [3.05, 3.63) is 108 Å². The summed E-state index contributed by atoms with van der Waals surface area (Å²) in [4.78, 5) is 17.2. The first-order chi connectivity index (χ1) is 16.3. The quantitative estimate of drug-likeness (QED) is 0.335. The van der Waals surface area contributed by atoms with E-state index in [0.717, 1.165) is 5.56 Å². The zero-order chi connectivity index (χ0) is 24.1. The fourth-order valence-electron chi connectivity index (χ4n) is 3.14. The van der Waals surface area contributed by atoms with E-state index in [4.69, 9.17) is 0 Å². The van der Waals surface area contributed by atoms with E-state index in [0.29, 0.717) is 17.1 Å². The van der Waals surface area contributed by atoms with E-state index in [2.05, 4.69) is 20.3 Å². The number of hydrogen-bond donors (Lipinski definition) is 3. The number of pyridine rings is 1. The summed E-state index contributed by atoms with van der Waals surface area (Å²) in [6, 6.07) is 21.8. The molecule has 0 radical (unpaired) electrons. The monoisotopic (exact) mass is 476 g/mol. The van der Waals surface area contributed by atoms with Gasteiger partial charge >= 0.3 is 0 Å². The first-order valence-corrected chi connectivity index (χ1v) is 11.8. The summed E-state index contributed by atoms with van der Waals surface area (Å²) in [5.74, 6) is -0.571. The van der Waals surface area contributed by atoms with E-state index in [1.54, 1.807) is 60.7 Å². The Morgan fingerprint density at radius 3 is 2.26 bits per heavy atom. The molecule has 0 saturated heterocycles. The molecule has 1 aromatic heterocycles. The predicted molar refractivity (Wildman–Crippen MR) is 130 cm³/mol. The Kier molecular flexibility index (Phi) is 6.55. The molecule has 0 fully saturated rings. The van der Waals surface area contributed by atoms with Crippen molar-refractivity contribution in [1.82, 2.24) is 4.98 Å². The van der Waals surface area contributed by atoms with Crippen molar-refractivity contribution in [2.75, 3.05) is 15.4 Å². The van der Waals surface area contributed by atoms with Gasteiger partial charge in [0.2, 0.25) is 0 Å². The van der Waals surface area contributed by atoms with Crippen molar-refractivity contribution in [2.45, 2.75) is 11.8 Å². The van der Waals surface area contributed by atoms with Crippen LogP contribution in [0.1, 0.15) is 15.9 Å². The lowest BCUT2D eigenvalue weighted by Crippen LogP contribution is -2.15. The number of carbonyl (C=O) groups is 1. The lowest BCUT2D eigenvalue weighted by Gasteiger charge is -2.12. The fraction of sp³-hybridized carbons (Fsp3) is 0.0400. The van der Waals surface area contributed by atoms with E-state index < -0.39 is 21.7 Å². The van der Waals surface area contributed by atoms with Gasteiger partial charge in [-0.05, 0) is 73.7 Å². The molecule has 0 atom stereocenters. The van der Waals surface area contributed by atoms with Gasteiger partial charge in [0.05, 0.1) is 10.5 Å². The summed E-state index contributed by atoms with van der Waals surface area (Å²) in [5.41, 5.74) is 2.49. The van der Waals surface area contributed by atoms with Crippen LogP contribution in [0.15, 0.2) is 96.0 Å². The number of anilines is 4. The maximum absolute atomic E-state index is 13.5. The Morgan fingerprint density at radius 2 is 1.56 bits per heavy atom. The van der Waals surface area contributed by atoms with Gasteiger partial charge in [-0.2, -0.15) is 0 Å². The molecule has 4 aromatic rings. The highest BCUT2D eigenvalue weighted by molar-refractivity contribution is 7.92. The summed E-state index contributed by atoms with van der Waals surface area (Å²) in [7, 11) is -3.73. The largest absolute Gasteiger partial charge is 0.339 e. The molecule has 9 heteroatoms. The molecule has 3 N–H and O–H groups in total. The summed E-state index contributed by atoms with van der Waals surface area (Å²) >= 11 is 0. The smallest absolute Gasteiger partial charge is 0.261 e. The molecule has 0 aliphatic carbocycles. The Balaban J connectivity index is 1.46. The summed E-state index contributed by atoms with van der Waals surface area (Å²) in [5, 5.41) is 5.70. The molecular weight excluding hydrogens is 455 g/mol. The topological polar surface area (TPSA) is 100 Å². The number of nitrogens with zero attached hydrogens (tertiary/aromatic N) is 1. The number of aryl methyl sites for hydroxylation is 1. The van der Waals surface area contributed by atoms with Gasteiger partial charge in [0, 0.05) is 23.3 Å². The van der Waals surface area contributed by atoms with Crippen LogP contribution in [-0.2, 0) is 10.0 Å². The zero-order valence-corrected chi connectivity index (χ0v) is 18.9. The highest BCUT2D eigenvalue weighted by atomic mass is 32.2. The minimum Gasteiger partial charge on any atom is -0.339 e. The molecule has 4 rings (SSSR count). The van der Waals surface area contributed by atoms with Crippen molar-refractivity contribution >= 4 is 38.8 Å². The summed E-state index contributed by atoms with van der Waals surface area (Å²) < 4.78 is 41.1. The molecule has 0 aliphatic rings. The third-order valence-electron chi connectivity index (χ3n) is 4.87. The van der Waals surface area contributed by atoms with E-state index in [1.165, 1.54) is 30.5 Å². The number of rotatable bonds is 7. The molecule has 7 nitrogen and oxygen atoms in total. The van der Waals surface area contributed by atoms with Crippen molar-refractivity contribution in [2.24, 2.45) is 0 Å². The van der Waals surface area contributed by atoms with Gasteiger partial charge in [-0.1, -0.05) is 23.8 Å². The SMILES string of the molecule is Cc1ccc(S(=O)(=O)Nc2ccc(NC(=O)c3cccnc3Nc3cccc(F)c3)cc2)cc1. The van der Waals surface area contributed by atoms with Gasteiger partial charge in [-0.25, -0.2) is 17.8 Å². The maximum Gasteiger partial charge on any atom is 0.261 e. The molecule has 0 bridgehead atoms. The number of halogens is 1. The lowest BCUT2D eigenvalue weighted by atomic mass is 10.2. The second kappa shape index (κ2) is 9.72. The summed E-state index contributed by atoms with van der Waals surface area (Å²) in [6.45, 7) is 1.88. The van der Waals surface area contributed by atoms with Crippen LogP contribution in [0.25, 0.3) is 0 Å². The van der Waals surface area contributed by atoms with Crippen LogP contribution in [0, 0.1) is 12.7 Å². The van der Waals surface area contributed by atoms with Crippen LogP contribution >= 0.6 is 0 Å². The second-order valence-corrected chi connectivity index (χ2v) is 9.17. The zero-order valence-electron chi connectivity index (χ0n) is 18.1. The Hall–Kier alpha value is -4.24. The Bertz CT molecular complexity index is 1420. The predicted octanol–water partition coefficient (Wildman–Crippen LogP) is 5.33. The van der Waals surface area contributed by atoms with Gasteiger partial charge in [0.1, 0.15) is 11.6 Å². The first-order valence-electron chi connectivity index (χ1n) is 10.3. The van der Waals surface area contributed by atoms with Crippen LogP contribution in [0.3, 0.4) is 0 Å². The van der Waals surface area contributed by atoms with Crippen molar-refractivity contribution < 1.29 is 17.6 Å². The minimum atomic E-state index is -3.73. The van der Waals surface area contributed by atoms with Crippen LogP contribution in [-0.4, -0.2) is 19.3 Å². The number of carbonyl (C=O) groups excluding carboxylic acids is 1. The Morgan fingerprint density at radius 1 is 0.853 bits per heavy atom. The van der Waals surface area contributed by atoms with Gasteiger partial charge in [0.25, 0.3) is 15.9 Å². The Labute approximate surface area is 196 Å². The van der Waals surface area contributed by atoms with E-state index in [9.17, 15) is 17.6 Å². The molecule has 0 unspecified atom stereocenters. The second-order valence-electron chi connectivity index (χ2n) is 7.48. The average Bonchev–Trinajstić information content (AvgIpc) is 2.81. The number of aromatic nitrogens is 1. The standard InChI is InChI=1S/C25H21FN4O3S/c1-17-7-13-22(14-8-17)34(32,33)30-20-11-9-19(10-12-20)29-25(31)23-6-3-15-27-24(23)28-21-5-2-4-18(26)16-21/h2-16,30H,1H3,(H,27,28)(H,29,31). The van der Waals surface area contributed by atoms with Crippen molar-refractivity contribution in [3.63, 3.8) is 0 Å². The van der Waals surface area contributed by atoms with Gasteiger partial charge < -0.3 is 10.6 Å². The molecule has 0 saturated carbocycles. The van der Waals surface area contributed by atoms with Crippen LogP contribution in [0.4, 0.5) is 27.3 Å².